The van der Waals surface area contributed by atoms with E-state index in [2.05, 4.69) is 0 Å². The van der Waals surface area contributed by atoms with Crippen molar-refractivity contribution in [2.45, 2.75) is 24.5 Å². The molecule has 0 amide bonds. The number of benzene rings is 1. The van der Waals surface area contributed by atoms with Crippen LogP contribution in [0.1, 0.15) is 17.4 Å². The van der Waals surface area contributed by atoms with Crippen LogP contribution in [0.25, 0.3) is 11.1 Å². The maximum atomic E-state index is 10.3. The highest BCUT2D eigenvalue weighted by molar-refractivity contribution is 7.71. The van der Waals surface area contributed by atoms with Gasteiger partial charge in [-0.2, -0.15) is 10.5 Å². The van der Waals surface area contributed by atoms with Crippen LogP contribution in [-0.4, -0.2) is 44.8 Å². The van der Waals surface area contributed by atoms with Crippen molar-refractivity contribution in [2.24, 2.45) is 0 Å². The normalized spacial score (nSPS) is 24.8. The molecular formula is C18H16N4O4S. The van der Waals surface area contributed by atoms with Gasteiger partial charge < -0.3 is 25.8 Å². The van der Waals surface area contributed by atoms with E-state index in [1.165, 1.54) is 0 Å². The minimum atomic E-state index is -1.55. The third kappa shape index (κ3) is 3.08. The molecule has 1 saturated heterocycles. The smallest absolute Gasteiger partial charge is 0.165 e. The minimum Gasteiger partial charge on any atom is -0.388 e. The number of hydrogen-bond donors (Lipinski definition) is 4. The average Bonchev–Trinajstić information content (AvgIpc) is 2.68. The highest BCUT2D eigenvalue weighted by Gasteiger charge is 2.40. The Balaban J connectivity index is 2.29. The molecule has 1 aromatic heterocycles. The molecule has 9 heteroatoms. The van der Waals surface area contributed by atoms with Crippen molar-refractivity contribution in [1.29, 1.82) is 10.5 Å². The van der Waals surface area contributed by atoms with Gasteiger partial charge in [0.25, 0.3) is 0 Å². The molecule has 1 fully saturated rings. The number of hydrogen-bond acceptors (Lipinski definition) is 8. The van der Waals surface area contributed by atoms with Crippen LogP contribution in [0.2, 0.25) is 0 Å². The molecule has 0 bridgehead atoms. The molecule has 0 saturated carbocycles. The molecular weight excluding hydrogens is 368 g/mol. The van der Waals surface area contributed by atoms with E-state index >= 15 is 0 Å². The van der Waals surface area contributed by atoms with Crippen LogP contribution in [0.3, 0.4) is 0 Å². The van der Waals surface area contributed by atoms with Crippen LogP contribution >= 0.6 is 12.2 Å². The summed E-state index contributed by atoms with van der Waals surface area (Å²) in [6, 6.07) is 12.7. The average molecular weight is 384 g/mol. The van der Waals surface area contributed by atoms with Crippen LogP contribution in [0.5, 0.6) is 0 Å². The predicted octanol–water partition coefficient (Wildman–Crippen LogP) is 0.822. The third-order valence-corrected chi connectivity index (χ3v) is 4.86. The van der Waals surface area contributed by atoms with Crippen molar-refractivity contribution in [3.05, 3.63) is 46.1 Å². The van der Waals surface area contributed by atoms with E-state index in [1.54, 1.807) is 30.3 Å². The zero-order chi connectivity index (χ0) is 19.7. The van der Waals surface area contributed by atoms with Crippen molar-refractivity contribution in [3.63, 3.8) is 0 Å². The predicted molar refractivity (Wildman–Crippen MR) is 97.6 cm³/mol. The lowest BCUT2D eigenvalue weighted by Gasteiger charge is -2.37. The zero-order valence-electron chi connectivity index (χ0n) is 14.0. The van der Waals surface area contributed by atoms with Crippen LogP contribution < -0.4 is 5.73 Å². The fourth-order valence-corrected chi connectivity index (χ4v) is 3.44. The topological polar surface area (TPSA) is 148 Å². The van der Waals surface area contributed by atoms with Gasteiger partial charge in [0.2, 0.25) is 0 Å². The van der Waals surface area contributed by atoms with Crippen LogP contribution in [0.4, 0.5) is 5.82 Å². The summed E-state index contributed by atoms with van der Waals surface area (Å²) in [6.45, 7) is -0.270. The Bertz CT molecular complexity index is 1010. The summed E-state index contributed by atoms with van der Waals surface area (Å²) in [7, 11) is 0. The second-order valence-corrected chi connectivity index (χ2v) is 6.43. The summed E-state index contributed by atoms with van der Waals surface area (Å²) in [5.41, 5.74) is 7.08. The Labute approximate surface area is 159 Å². The zero-order valence-corrected chi connectivity index (χ0v) is 14.8. The van der Waals surface area contributed by atoms with E-state index in [0.29, 0.717) is 11.1 Å². The van der Waals surface area contributed by atoms with Gasteiger partial charge in [0, 0.05) is 5.56 Å². The summed E-state index contributed by atoms with van der Waals surface area (Å²) in [5, 5.41) is 49.2. The van der Waals surface area contributed by atoms with Gasteiger partial charge in [-0.1, -0.05) is 42.5 Å². The first-order chi connectivity index (χ1) is 12.9. The molecule has 1 aliphatic heterocycles. The number of rotatable bonds is 2. The molecule has 138 valence electrons. The second-order valence-electron chi connectivity index (χ2n) is 6.05. The van der Waals surface area contributed by atoms with E-state index in [9.17, 15) is 25.8 Å². The number of nitrogens with zero attached hydrogens (tertiary/aromatic N) is 3. The summed E-state index contributed by atoms with van der Waals surface area (Å²) in [6.07, 6.45) is -5.57. The van der Waals surface area contributed by atoms with Gasteiger partial charge in [0.15, 0.2) is 6.23 Å². The number of aliphatic hydroxyl groups is 3. The van der Waals surface area contributed by atoms with Gasteiger partial charge in [-0.05, 0) is 5.56 Å². The number of nitrogens with two attached hydrogens (primary N) is 1. The Hall–Kier alpha value is -2.79. The number of pyridine rings is 1. The molecule has 2 heterocycles. The SMILES string of the molecule is N#Cc1c(-c2ccccc2)c(C#N)c(=S)n(C2OCC(O)C(O)C2O)c1N. The lowest BCUT2D eigenvalue weighted by atomic mass is 9.96. The van der Waals surface area contributed by atoms with Gasteiger partial charge >= 0.3 is 0 Å². The first-order valence-corrected chi connectivity index (χ1v) is 8.42. The maximum Gasteiger partial charge on any atom is 0.165 e. The molecule has 4 unspecified atom stereocenters. The number of aliphatic hydroxyl groups excluding tert-OH is 3. The van der Waals surface area contributed by atoms with Crippen LogP contribution in [0.15, 0.2) is 30.3 Å². The summed E-state index contributed by atoms with van der Waals surface area (Å²) in [4.78, 5) is 0. The molecule has 1 aliphatic rings. The molecule has 8 nitrogen and oxygen atoms in total. The Kier molecular flexibility index (Phi) is 5.24. The van der Waals surface area contributed by atoms with Crippen molar-refractivity contribution < 1.29 is 20.1 Å². The summed E-state index contributed by atoms with van der Waals surface area (Å²) < 4.78 is 6.50. The van der Waals surface area contributed by atoms with Crippen molar-refractivity contribution in [3.8, 4) is 23.3 Å². The Morgan fingerprint density at radius 1 is 1.07 bits per heavy atom. The van der Waals surface area contributed by atoms with Gasteiger partial charge in [-0.15, -0.1) is 0 Å². The Morgan fingerprint density at radius 2 is 1.70 bits per heavy atom. The fraction of sp³-hybridized carbons (Fsp3) is 0.278. The number of nitriles is 2. The molecule has 0 radical (unpaired) electrons. The number of nitrogen functional groups attached to an aromatic ring is 1. The number of ether oxygens (including phenoxy) is 1. The molecule has 27 heavy (non-hydrogen) atoms. The first kappa shape index (κ1) is 19.0. The molecule has 0 spiro atoms. The van der Waals surface area contributed by atoms with Crippen molar-refractivity contribution in [1.82, 2.24) is 4.57 Å². The monoisotopic (exact) mass is 384 g/mol. The van der Waals surface area contributed by atoms with E-state index in [-0.39, 0.29) is 28.2 Å². The summed E-state index contributed by atoms with van der Waals surface area (Å²) >= 11 is 5.39. The lowest BCUT2D eigenvalue weighted by Crippen LogP contribution is -2.51. The summed E-state index contributed by atoms with van der Waals surface area (Å²) in [5.74, 6) is -0.104. The number of aromatic nitrogens is 1. The minimum absolute atomic E-state index is 0.00256. The number of anilines is 1. The van der Waals surface area contributed by atoms with Crippen molar-refractivity contribution >= 4 is 18.0 Å². The van der Waals surface area contributed by atoms with Crippen LogP contribution in [-0.2, 0) is 4.74 Å². The molecule has 3 rings (SSSR count). The van der Waals surface area contributed by atoms with E-state index in [0.717, 1.165) is 4.57 Å². The molecule has 2 aromatic rings. The Morgan fingerprint density at radius 3 is 2.30 bits per heavy atom. The lowest BCUT2D eigenvalue weighted by molar-refractivity contribution is -0.210. The third-order valence-electron chi connectivity index (χ3n) is 4.46. The molecule has 5 N–H and O–H groups in total. The molecule has 0 aliphatic carbocycles. The fourth-order valence-electron chi connectivity index (χ4n) is 3.09. The van der Waals surface area contributed by atoms with Gasteiger partial charge in [0.1, 0.15) is 46.5 Å². The quantitative estimate of drug-likeness (QED) is 0.556. The molecule has 1 aromatic carbocycles. The standard InChI is InChI=1S/C18H16N4O4S/c19-6-10-13(9-4-2-1-3-5-9)11(7-20)18(27)22(16(10)21)17-15(25)14(24)12(23)8-26-17/h1-5,12,14-15,17,23-25H,8,21H2. The van der Waals surface area contributed by atoms with E-state index < -0.39 is 24.5 Å². The van der Waals surface area contributed by atoms with Gasteiger partial charge in [-0.3, -0.25) is 4.57 Å². The van der Waals surface area contributed by atoms with E-state index in [4.69, 9.17) is 22.7 Å². The van der Waals surface area contributed by atoms with Crippen molar-refractivity contribution in [2.75, 3.05) is 12.3 Å². The van der Waals surface area contributed by atoms with Crippen LogP contribution in [0, 0.1) is 27.3 Å². The molecule has 4 atom stereocenters. The second kappa shape index (κ2) is 7.45. The highest BCUT2D eigenvalue weighted by atomic mass is 32.1. The van der Waals surface area contributed by atoms with Gasteiger partial charge in [0.05, 0.1) is 12.2 Å². The van der Waals surface area contributed by atoms with Gasteiger partial charge in [-0.25, -0.2) is 0 Å². The maximum absolute atomic E-state index is 10.3. The van der Waals surface area contributed by atoms with E-state index in [1.807, 2.05) is 12.1 Å². The highest BCUT2D eigenvalue weighted by Crippen LogP contribution is 2.36. The largest absolute Gasteiger partial charge is 0.388 e. The first-order valence-electron chi connectivity index (χ1n) is 8.01.